The Labute approximate surface area is 516 Å². The van der Waals surface area contributed by atoms with Crippen molar-refractivity contribution in [2.75, 3.05) is 105 Å². The minimum atomic E-state index is -0.938. The smallest absolute Gasteiger partial charge is 0.328 e. The average Bonchev–Trinajstić information content (AvgIpc) is 1.34. The number of rotatable bonds is 41. The number of aryl methyl sites for hydroxylation is 2. The van der Waals surface area contributed by atoms with E-state index in [2.05, 4.69) is 46.2 Å². The number of aromatic nitrogens is 7. The standard InChI is InChI=1S/C62H80ClF2N11O12/c1-42(48-33-45(36-66)15-16-49(48)64)70-58-55(63)43(2)69-52-35-50(65)56(73-57(52)58)46-37-67-61(68-38-46)88-20-12-8-11-19-76-39-47(74-75-76)40-86-31-29-84-27-25-82-23-21-81-22-24-83-26-28-85-30-32-87-41-54(77)71-53(34-44-13-9-7-10-14-44)59(78)72-51(60(79)80-6)17-18-62(3,4)5/h7,9-10,13-16,33,35,37-39,42,51,53H,8,11-12,17-32,34,40-41H2,1-6H3,(H,69,70)(H,71,77)(H,72,78)/t42-,51+,53+/m1/s1. The molecule has 0 saturated heterocycles. The molecule has 0 unspecified atom stereocenters. The summed E-state index contributed by atoms with van der Waals surface area (Å²) in [6.45, 7) is 14.9. The molecule has 2 aromatic carbocycles. The molecule has 0 aliphatic rings. The van der Waals surface area contributed by atoms with E-state index < -0.39 is 47.5 Å². The van der Waals surface area contributed by atoms with E-state index in [-0.39, 0.29) is 65.0 Å². The van der Waals surface area contributed by atoms with E-state index in [4.69, 9.17) is 54.2 Å². The van der Waals surface area contributed by atoms with Crippen LogP contribution in [0.4, 0.5) is 14.5 Å². The number of carbonyl (C=O) groups is 3. The Balaban J connectivity index is 0.727. The molecule has 0 aliphatic heterocycles. The van der Waals surface area contributed by atoms with Crippen LogP contribution in [0.3, 0.4) is 0 Å². The summed E-state index contributed by atoms with van der Waals surface area (Å²) in [5, 5.41) is 26.7. The zero-order chi connectivity index (χ0) is 63.1. The van der Waals surface area contributed by atoms with Gasteiger partial charge in [-0.2, -0.15) is 5.26 Å². The number of benzene rings is 2. The van der Waals surface area contributed by atoms with Gasteiger partial charge in [0, 0.05) is 42.6 Å². The Morgan fingerprint density at radius 3 is 2.02 bits per heavy atom. The summed E-state index contributed by atoms with van der Waals surface area (Å²) in [4.78, 5) is 56.3. The van der Waals surface area contributed by atoms with E-state index in [0.717, 1.165) is 24.8 Å². The third-order valence-corrected chi connectivity index (χ3v) is 13.8. The fourth-order valence-corrected chi connectivity index (χ4v) is 8.86. The Kier molecular flexibility index (Phi) is 29.6. The normalized spacial score (nSPS) is 12.5. The second-order valence-corrected chi connectivity index (χ2v) is 22.0. The number of hydrogen-bond acceptors (Lipinski definition) is 20. The Morgan fingerprint density at radius 1 is 0.761 bits per heavy atom. The number of amides is 2. The van der Waals surface area contributed by atoms with Gasteiger partial charge in [-0.05, 0) is 75.1 Å². The monoisotopic (exact) mass is 1240 g/mol. The molecule has 26 heteroatoms. The number of pyridine rings is 2. The quantitative estimate of drug-likeness (QED) is 0.0242. The number of ether oxygens (including phenoxy) is 9. The van der Waals surface area contributed by atoms with E-state index in [9.17, 15) is 24.0 Å². The zero-order valence-corrected chi connectivity index (χ0v) is 51.6. The summed E-state index contributed by atoms with van der Waals surface area (Å²) in [7, 11) is 1.28. The molecule has 3 atom stereocenters. The number of hydrogen-bond donors (Lipinski definition) is 3. The molecule has 0 aliphatic carbocycles. The van der Waals surface area contributed by atoms with Crippen molar-refractivity contribution >= 4 is 46.1 Å². The molecular weight excluding hydrogens is 1160 g/mol. The van der Waals surface area contributed by atoms with E-state index in [1.807, 2.05) is 63.4 Å². The topological polar surface area (TPSA) is 276 Å². The first kappa shape index (κ1) is 69.7. The maximum atomic E-state index is 15.5. The van der Waals surface area contributed by atoms with E-state index in [0.29, 0.717) is 127 Å². The predicted octanol–water partition coefficient (Wildman–Crippen LogP) is 8.04. The SMILES string of the molecule is COC(=O)[C@H](CCC(C)(C)C)NC(=O)[C@H](Cc1ccccc1)NC(=O)COCCOCCOCCOCCOCCOCCOCc1cn(CCCCCOc2ncc(-c3nc4c(N[C@H](C)c5cc(C#N)ccc5F)c(Cl)c(C)nc4cc3F)cn2)nn1. The third-order valence-electron chi connectivity index (χ3n) is 13.4. The highest BCUT2D eigenvalue weighted by Crippen LogP contribution is 2.37. The molecule has 0 saturated carbocycles. The van der Waals surface area contributed by atoms with Gasteiger partial charge in [0.1, 0.15) is 41.4 Å². The lowest BCUT2D eigenvalue weighted by molar-refractivity contribution is -0.145. The van der Waals surface area contributed by atoms with E-state index in [1.165, 1.54) is 43.8 Å². The lowest BCUT2D eigenvalue weighted by atomic mass is 9.88. The van der Waals surface area contributed by atoms with Gasteiger partial charge in [0.15, 0.2) is 5.82 Å². The molecule has 88 heavy (non-hydrogen) atoms. The van der Waals surface area contributed by atoms with Gasteiger partial charge < -0.3 is 58.6 Å². The Morgan fingerprint density at radius 2 is 1.40 bits per heavy atom. The Bertz CT molecular complexity index is 3150. The molecule has 23 nitrogen and oxygen atoms in total. The predicted molar refractivity (Wildman–Crippen MR) is 322 cm³/mol. The summed E-state index contributed by atoms with van der Waals surface area (Å²) in [5.41, 5.74) is 3.57. The van der Waals surface area contributed by atoms with Gasteiger partial charge in [0.2, 0.25) is 11.8 Å². The maximum Gasteiger partial charge on any atom is 0.328 e. The molecule has 0 radical (unpaired) electrons. The Hall–Kier alpha value is -7.41. The fourth-order valence-electron chi connectivity index (χ4n) is 8.67. The second-order valence-electron chi connectivity index (χ2n) is 21.6. The van der Waals surface area contributed by atoms with Crippen LogP contribution in [0.15, 0.2) is 73.2 Å². The average molecular weight is 1240 g/mol. The number of nitriles is 1. The zero-order valence-electron chi connectivity index (χ0n) is 50.8. The number of esters is 1. The van der Waals surface area contributed by atoms with Crippen LogP contribution in [0.25, 0.3) is 22.3 Å². The first-order valence-electron chi connectivity index (χ1n) is 29.2. The van der Waals surface area contributed by atoms with Crippen molar-refractivity contribution in [2.24, 2.45) is 5.41 Å². The lowest BCUT2D eigenvalue weighted by Crippen LogP contribution is -2.53. The van der Waals surface area contributed by atoms with Gasteiger partial charge in [-0.15, -0.1) is 5.10 Å². The van der Waals surface area contributed by atoms with Crippen LogP contribution in [0.5, 0.6) is 6.01 Å². The largest absolute Gasteiger partial charge is 0.467 e. The summed E-state index contributed by atoms with van der Waals surface area (Å²) in [6.07, 6.45) is 8.40. The highest BCUT2D eigenvalue weighted by atomic mass is 35.5. The molecule has 6 aromatic rings. The van der Waals surface area contributed by atoms with Gasteiger partial charge in [0.05, 0.1) is 145 Å². The number of nitrogens with one attached hydrogen (secondary N) is 3. The molecule has 0 bridgehead atoms. The molecule has 476 valence electrons. The highest BCUT2D eigenvalue weighted by molar-refractivity contribution is 6.35. The lowest BCUT2D eigenvalue weighted by Gasteiger charge is -2.25. The van der Waals surface area contributed by atoms with E-state index in [1.54, 1.807) is 18.5 Å². The van der Waals surface area contributed by atoms with Crippen molar-refractivity contribution in [3.05, 3.63) is 118 Å². The summed E-state index contributed by atoms with van der Waals surface area (Å²) in [6, 6.07) is 14.4. The van der Waals surface area contributed by atoms with Crippen molar-refractivity contribution in [1.82, 2.24) is 45.6 Å². The van der Waals surface area contributed by atoms with Gasteiger partial charge in [-0.3, -0.25) is 14.3 Å². The van der Waals surface area contributed by atoms with Crippen LogP contribution in [0.1, 0.15) is 93.9 Å². The highest BCUT2D eigenvalue weighted by Gasteiger charge is 2.29. The summed E-state index contributed by atoms with van der Waals surface area (Å²) in [5.74, 6) is -2.66. The molecule has 2 amide bonds. The van der Waals surface area contributed by atoms with E-state index >= 15 is 4.39 Å². The minimum absolute atomic E-state index is 0.0340. The number of carbonyl (C=O) groups excluding carboxylic acids is 3. The van der Waals surface area contributed by atoms with Crippen molar-refractivity contribution in [2.45, 2.75) is 104 Å². The number of nitrogens with zero attached hydrogens (tertiary/aromatic N) is 8. The number of anilines is 1. The minimum Gasteiger partial charge on any atom is -0.467 e. The fraction of sp³-hybridized carbons (Fsp3) is 0.516. The number of halogens is 3. The van der Waals surface area contributed by atoms with Gasteiger partial charge >= 0.3 is 12.0 Å². The summed E-state index contributed by atoms with van der Waals surface area (Å²) < 4.78 is 81.7. The molecule has 4 heterocycles. The van der Waals surface area contributed by atoms with Crippen LogP contribution in [-0.2, 0) is 71.9 Å². The van der Waals surface area contributed by atoms with Gasteiger partial charge in [-0.25, -0.2) is 33.5 Å². The summed E-state index contributed by atoms with van der Waals surface area (Å²) >= 11 is 6.69. The first-order valence-corrected chi connectivity index (χ1v) is 29.6. The van der Waals surface area contributed by atoms with Crippen molar-refractivity contribution in [3.63, 3.8) is 0 Å². The van der Waals surface area contributed by atoms with Crippen LogP contribution in [-0.4, -0.2) is 164 Å². The van der Waals surface area contributed by atoms with Crippen LogP contribution < -0.4 is 20.7 Å². The molecule has 3 N–H and O–H groups in total. The molecular formula is C62H80ClF2N11O12. The number of unbranched alkanes of at least 4 members (excludes halogenated alkanes) is 2. The van der Waals surface area contributed by atoms with Gasteiger partial charge in [0.25, 0.3) is 0 Å². The van der Waals surface area contributed by atoms with Crippen molar-refractivity contribution < 1.29 is 65.8 Å². The van der Waals surface area contributed by atoms with Crippen LogP contribution in [0, 0.1) is 35.3 Å². The third kappa shape index (κ3) is 24.3. The molecule has 6 rings (SSSR count). The number of methoxy groups -OCH3 is 1. The van der Waals surface area contributed by atoms with Crippen LogP contribution >= 0.6 is 11.6 Å². The van der Waals surface area contributed by atoms with Gasteiger partial charge in [-0.1, -0.05) is 67.9 Å². The second kappa shape index (κ2) is 37.4. The molecule has 0 spiro atoms. The van der Waals surface area contributed by atoms with Crippen molar-refractivity contribution in [3.8, 4) is 23.3 Å². The number of fused-ring (bicyclic) bond motifs is 1. The molecule has 0 fully saturated rings. The van der Waals surface area contributed by atoms with Crippen molar-refractivity contribution in [1.29, 1.82) is 5.26 Å². The maximum absolute atomic E-state index is 15.5. The molecule has 4 aromatic heterocycles. The van der Waals surface area contributed by atoms with Crippen LogP contribution in [0.2, 0.25) is 5.02 Å². The first-order chi connectivity index (χ1) is 42.5.